The van der Waals surface area contributed by atoms with Crippen molar-refractivity contribution in [3.05, 3.63) is 63.7 Å². The summed E-state index contributed by atoms with van der Waals surface area (Å²) in [5.74, 6) is 0.724. The lowest BCUT2D eigenvalue weighted by molar-refractivity contribution is -0.384. The van der Waals surface area contributed by atoms with Gasteiger partial charge in [-0.1, -0.05) is 6.07 Å². The lowest BCUT2D eigenvalue weighted by Crippen LogP contribution is -1.92. The molecule has 6 nitrogen and oxygen atoms in total. The molecule has 2 aromatic rings. The molecule has 0 unspecified atom stereocenters. The largest absolute Gasteiger partial charge is 0.456 e. The monoisotopic (exact) mass is 270 g/mol. The number of nitrogens with zero attached hydrogens (tertiary/aromatic N) is 2. The number of rotatable bonds is 4. The van der Waals surface area contributed by atoms with Gasteiger partial charge in [0.05, 0.1) is 17.1 Å². The molecule has 0 aliphatic carbocycles. The van der Waals surface area contributed by atoms with Crippen LogP contribution in [0, 0.1) is 21.4 Å². The van der Waals surface area contributed by atoms with Crippen LogP contribution in [0.2, 0.25) is 0 Å². The van der Waals surface area contributed by atoms with Crippen LogP contribution in [0.5, 0.6) is 11.5 Å². The molecule has 0 aliphatic rings. The second kappa shape index (κ2) is 5.82. The topological polar surface area (TPSA) is 96.4 Å². The molecular weight excluding hydrogens is 260 g/mol. The molecule has 6 heteroatoms. The van der Waals surface area contributed by atoms with E-state index < -0.39 is 4.92 Å². The highest BCUT2D eigenvalue weighted by molar-refractivity contribution is 5.48. The SMILES string of the molecule is N#Cc1cc(CO)ccc1Oc1ccc([N+](=O)[O-])cc1. The van der Waals surface area contributed by atoms with Gasteiger partial charge in [-0.25, -0.2) is 0 Å². The number of ether oxygens (including phenoxy) is 1. The average molecular weight is 270 g/mol. The van der Waals surface area contributed by atoms with E-state index in [1.165, 1.54) is 30.3 Å². The molecule has 100 valence electrons. The van der Waals surface area contributed by atoms with Crippen molar-refractivity contribution in [2.75, 3.05) is 0 Å². The molecule has 0 saturated carbocycles. The smallest absolute Gasteiger partial charge is 0.269 e. The molecule has 0 saturated heterocycles. The van der Waals surface area contributed by atoms with Crippen molar-refractivity contribution in [1.29, 1.82) is 5.26 Å². The first-order chi connectivity index (χ1) is 9.63. The number of benzene rings is 2. The minimum Gasteiger partial charge on any atom is -0.456 e. The summed E-state index contributed by atoms with van der Waals surface area (Å²) in [4.78, 5) is 10.0. The number of aliphatic hydroxyl groups excluding tert-OH is 1. The second-order valence-corrected chi connectivity index (χ2v) is 3.95. The van der Waals surface area contributed by atoms with Gasteiger partial charge in [-0.2, -0.15) is 5.26 Å². The first-order valence-corrected chi connectivity index (χ1v) is 5.70. The Balaban J connectivity index is 2.26. The Hall–Kier alpha value is -2.91. The standard InChI is InChI=1S/C14H10N2O4/c15-8-11-7-10(9-17)1-6-14(11)20-13-4-2-12(3-5-13)16(18)19/h1-7,17H,9H2. The molecule has 0 aliphatic heterocycles. The van der Waals surface area contributed by atoms with Crippen LogP contribution in [0.25, 0.3) is 0 Å². The van der Waals surface area contributed by atoms with Crippen LogP contribution in [0.3, 0.4) is 0 Å². The van der Waals surface area contributed by atoms with Crippen molar-refractivity contribution in [2.45, 2.75) is 6.61 Å². The molecule has 0 bridgehead atoms. The molecular formula is C14H10N2O4. The molecule has 0 atom stereocenters. The van der Waals surface area contributed by atoms with Crippen LogP contribution in [0.1, 0.15) is 11.1 Å². The van der Waals surface area contributed by atoms with Crippen LogP contribution >= 0.6 is 0 Å². The van der Waals surface area contributed by atoms with E-state index in [4.69, 9.17) is 15.1 Å². The summed E-state index contributed by atoms with van der Waals surface area (Å²) < 4.78 is 5.51. The van der Waals surface area contributed by atoms with Crippen molar-refractivity contribution in [2.24, 2.45) is 0 Å². The molecule has 20 heavy (non-hydrogen) atoms. The van der Waals surface area contributed by atoms with Gasteiger partial charge < -0.3 is 9.84 Å². The van der Waals surface area contributed by atoms with Crippen molar-refractivity contribution in [3.63, 3.8) is 0 Å². The van der Waals surface area contributed by atoms with Crippen LogP contribution in [0.15, 0.2) is 42.5 Å². The summed E-state index contributed by atoms with van der Waals surface area (Å²) in [7, 11) is 0. The lowest BCUT2D eigenvalue weighted by Gasteiger charge is -2.08. The Labute approximate surface area is 114 Å². The Morgan fingerprint density at radius 1 is 1.25 bits per heavy atom. The van der Waals surface area contributed by atoms with Crippen LogP contribution in [-0.2, 0) is 6.61 Å². The van der Waals surface area contributed by atoms with E-state index in [-0.39, 0.29) is 17.9 Å². The summed E-state index contributed by atoms with van der Waals surface area (Å²) in [6.07, 6.45) is 0. The Morgan fingerprint density at radius 3 is 2.50 bits per heavy atom. The average Bonchev–Trinajstić information content (AvgIpc) is 2.48. The highest BCUT2D eigenvalue weighted by Gasteiger charge is 2.08. The number of hydrogen-bond donors (Lipinski definition) is 1. The third kappa shape index (κ3) is 2.91. The van der Waals surface area contributed by atoms with Gasteiger partial charge in [0.15, 0.2) is 0 Å². The van der Waals surface area contributed by atoms with E-state index in [9.17, 15) is 10.1 Å². The maximum atomic E-state index is 10.5. The molecule has 0 amide bonds. The van der Waals surface area contributed by atoms with E-state index in [2.05, 4.69) is 0 Å². The number of nitro benzene ring substituents is 1. The fourth-order valence-electron chi connectivity index (χ4n) is 1.61. The third-order valence-electron chi connectivity index (χ3n) is 2.62. The molecule has 1 N–H and O–H groups in total. The quantitative estimate of drug-likeness (QED) is 0.680. The maximum Gasteiger partial charge on any atom is 0.269 e. The number of non-ortho nitro benzene ring substituents is 1. The third-order valence-corrected chi connectivity index (χ3v) is 2.62. The van der Waals surface area contributed by atoms with Gasteiger partial charge in [-0.3, -0.25) is 10.1 Å². The first-order valence-electron chi connectivity index (χ1n) is 5.70. The minimum absolute atomic E-state index is 0.0338. The second-order valence-electron chi connectivity index (χ2n) is 3.95. The zero-order chi connectivity index (χ0) is 14.5. The van der Waals surface area contributed by atoms with Gasteiger partial charge in [0.1, 0.15) is 17.6 Å². The molecule has 2 aromatic carbocycles. The van der Waals surface area contributed by atoms with Gasteiger partial charge in [0.2, 0.25) is 0 Å². The summed E-state index contributed by atoms with van der Waals surface area (Å²) >= 11 is 0. The number of aliphatic hydroxyl groups is 1. The van der Waals surface area contributed by atoms with Crippen LogP contribution < -0.4 is 4.74 Å². The van der Waals surface area contributed by atoms with E-state index in [0.29, 0.717) is 17.1 Å². The highest BCUT2D eigenvalue weighted by Crippen LogP contribution is 2.27. The fraction of sp³-hybridized carbons (Fsp3) is 0.0714. The molecule has 0 radical (unpaired) electrons. The Morgan fingerprint density at radius 2 is 1.95 bits per heavy atom. The molecule has 0 fully saturated rings. The molecule has 0 heterocycles. The Kier molecular flexibility index (Phi) is 3.93. The lowest BCUT2D eigenvalue weighted by atomic mass is 10.1. The van der Waals surface area contributed by atoms with Gasteiger partial charge >= 0.3 is 0 Å². The molecule has 2 rings (SSSR count). The van der Waals surface area contributed by atoms with Crippen molar-refractivity contribution in [1.82, 2.24) is 0 Å². The zero-order valence-corrected chi connectivity index (χ0v) is 10.3. The summed E-state index contributed by atoms with van der Waals surface area (Å²) in [6.45, 7) is -0.160. The Bertz CT molecular complexity index is 675. The fourth-order valence-corrected chi connectivity index (χ4v) is 1.61. The van der Waals surface area contributed by atoms with Gasteiger partial charge in [-0.15, -0.1) is 0 Å². The predicted molar refractivity (Wildman–Crippen MR) is 70.3 cm³/mol. The molecule has 0 spiro atoms. The predicted octanol–water partition coefficient (Wildman–Crippen LogP) is 2.75. The van der Waals surface area contributed by atoms with E-state index in [1.54, 1.807) is 12.1 Å². The number of nitriles is 1. The van der Waals surface area contributed by atoms with E-state index >= 15 is 0 Å². The maximum absolute atomic E-state index is 10.5. The van der Waals surface area contributed by atoms with E-state index in [1.807, 2.05) is 6.07 Å². The highest BCUT2D eigenvalue weighted by atomic mass is 16.6. The van der Waals surface area contributed by atoms with Gasteiger partial charge in [0.25, 0.3) is 5.69 Å². The van der Waals surface area contributed by atoms with Crippen LogP contribution in [-0.4, -0.2) is 10.0 Å². The van der Waals surface area contributed by atoms with E-state index in [0.717, 1.165) is 0 Å². The van der Waals surface area contributed by atoms with Gasteiger partial charge in [-0.05, 0) is 29.8 Å². The minimum atomic E-state index is -0.499. The summed E-state index contributed by atoms with van der Waals surface area (Å²) in [5.41, 5.74) is 0.862. The zero-order valence-electron chi connectivity index (χ0n) is 10.3. The van der Waals surface area contributed by atoms with Crippen molar-refractivity contribution in [3.8, 4) is 17.6 Å². The van der Waals surface area contributed by atoms with Crippen molar-refractivity contribution < 1.29 is 14.8 Å². The first kappa shape index (κ1) is 13.5. The van der Waals surface area contributed by atoms with Crippen LogP contribution in [0.4, 0.5) is 5.69 Å². The number of nitro groups is 1. The van der Waals surface area contributed by atoms with Gasteiger partial charge in [0, 0.05) is 12.1 Å². The summed E-state index contributed by atoms with van der Waals surface area (Å²) in [6, 6.07) is 12.3. The molecule has 0 aromatic heterocycles. The number of hydrogen-bond acceptors (Lipinski definition) is 5. The normalized spacial score (nSPS) is 9.80. The summed E-state index contributed by atoms with van der Waals surface area (Å²) in [5, 5.41) is 28.6. The van der Waals surface area contributed by atoms with Crippen molar-refractivity contribution >= 4 is 5.69 Å².